The second-order valence-corrected chi connectivity index (χ2v) is 11.8. The minimum absolute atomic E-state index is 0.0682. The van der Waals surface area contributed by atoms with E-state index in [4.69, 9.17) is 4.74 Å². The van der Waals surface area contributed by atoms with Gasteiger partial charge in [0, 0.05) is 0 Å². The molecular formula is C34H49NO. The zero-order valence-electron chi connectivity index (χ0n) is 23.4. The van der Waals surface area contributed by atoms with Crippen LogP contribution >= 0.6 is 0 Å². The van der Waals surface area contributed by atoms with Crippen LogP contribution in [0.15, 0.2) is 48.5 Å². The molecule has 36 heavy (non-hydrogen) atoms. The fourth-order valence-corrected chi connectivity index (χ4v) is 5.72. The van der Waals surface area contributed by atoms with Gasteiger partial charge in [-0.15, -0.1) is 0 Å². The van der Waals surface area contributed by atoms with Gasteiger partial charge in [-0.2, -0.15) is 5.26 Å². The molecule has 3 rings (SSSR count). The van der Waals surface area contributed by atoms with Crippen molar-refractivity contribution < 1.29 is 4.74 Å². The molecule has 1 aliphatic carbocycles. The summed E-state index contributed by atoms with van der Waals surface area (Å²) in [6.45, 7) is 9.98. The van der Waals surface area contributed by atoms with Crippen LogP contribution in [0.1, 0.15) is 116 Å². The van der Waals surface area contributed by atoms with Crippen molar-refractivity contribution in [2.75, 3.05) is 6.61 Å². The van der Waals surface area contributed by atoms with Crippen molar-refractivity contribution in [3.05, 3.63) is 54.1 Å². The van der Waals surface area contributed by atoms with E-state index in [2.05, 4.69) is 82.3 Å². The van der Waals surface area contributed by atoms with Crippen molar-refractivity contribution in [3.8, 4) is 22.9 Å². The van der Waals surface area contributed by atoms with Crippen LogP contribution in [0, 0.1) is 28.6 Å². The van der Waals surface area contributed by atoms with Crippen LogP contribution in [0.2, 0.25) is 0 Å². The van der Waals surface area contributed by atoms with Crippen molar-refractivity contribution in [1.29, 1.82) is 5.26 Å². The van der Waals surface area contributed by atoms with Crippen LogP contribution in [0.5, 0.6) is 5.75 Å². The first-order chi connectivity index (χ1) is 17.4. The summed E-state index contributed by atoms with van der Waals surface area (Å²) >= 11 is 0. The molecule has 1 aliphatic rings. The molecule has 0 spiro atoms. The number of hydrogen-bond acceptors (Lipinski definition) is 2. The monoisotopic (exact) mass is 487 g/mol. The first kappa shape index (κ1) is 28.3. The summed E-state index contributed by atoms with van der Waals surface area (Å²) in [5.74, 6) is 3.09. The molecule has 2 nitrogen and oxygen atoms in total. The maximum Gasteiger partial charge on any atom is 0.119 e. The van der Waals surface area contributed by atoms with E-state index in [1.54, 1.807) is 0 Å². The molecule has 0 saturated heterocycles. The Morgan fingerprint density at radius 2 is 1.50 bits per heavy atom. The molecule has 2 aromatic carbocycles. The Morgan fingerprint density at radius 3 is 2.08 bits per heavy atom. The predicted molar refractivity (Wildman–Crippen MR) is 153 cm³/mol. The largest absolute Gasteiger partial charge is 0.494 e. The standard InChI is InChI=1S/C34H49NO/c1-5-6-7-22-34(26-35)23-19-32(20-24-34)30-13-11-29(12-14-30)31-15-17-33(18-16-31)36-25-21-28(4)10-8-9-27(2)3/h11-18,27-28,32H,5-10,19-25H2,1-4H3. The van der Waals surface area contributed by atoms with Crippen LogP contribution < -0.4 is 4.74 Å². The van der Waals surface area contributed by atoms with E-state index < -0.39 is 0 Å². The van der Waals surface area contributed by atoms with Gasteiger partial charge in [0.15, 0.2) is 0 Å². The second kappa shape index (κ2) is 14.5. The van der Waals surface area contributed by atoms with Gasteiger partial charge in [0.1, 0.15) is 5.75 Å². The van der Waals surface area contributed by atoms with Crippen LogP contribution in [-0.4, -0.2) is 6.61 Å². The Hall–Kier alpha value is -2.27. The topological polar surface area (TPSA) is 33.0 Å². The molecule has 0 aliphatic heterocycles. The highest BCUT2D eigenvalue weighted by Crippen LogP contribution is 2.45. The molecule has 2 heteroatoms. The summed E-state index contributed by atoms with van der Waals surface area (Å²) < 4.78 is 6.03. The lowest BCUT2D eigenvalue weighted by Crippen LogP contribution is -2.25. The molecule has 0 amide bonds. The zero-order valence-corrected chi connectivity index (χ0v) is 23.4. The third-order valence-electron chi connectivity index (χ3n) is 8.37. The SMILES string of the molecule is CCCCCC1(C#N)CCC(c2ccc(-c3ccc(OCCC(C)CCCC(C)C)cc3)cc2)CC1. The van der Waals surface area contributed by atoms with Gasteiger partial charge in [-0.05, 0) is 85.1 Å². The lowest BCUT2D eigenvalue weighted by atomic mass is 9.67. The van der Waals surface area contributed by atoms with E-state index in [0.29, 0.717) is 5.92 Å². The van der Waals surface area contributed by atoms with Crippen molar-refractivity contribution in [2.45, 2.75) is 111 Å². The van der Waals surface area contributed by atoms with Crippen LogP contribution in [0.3, 0.4) is 0 Å². The van der Waals surface area contributed by atoms with Crippen LogP contribution in [0.4, 0.5) is 0 Å². The molecular weight excluding hydrogens is 438 g/mol. The van der Waals surface area contributed by atoms with Crippen molar-refractivity contribution >= 4 is 0 Å². The van der Waals surface area contributed by atoms with Gasteiger partial charge in [-0.3, -0.25) is 0 Å². The molecule has 0 bridgehead atoms. The molecule has 196 valence electrons. The fraction of sp³-hybridized carbons (Fsp3) is 0.618. The molecule has 1 unspecified atom stereocenters. The summed E-state index contributed by atoms with van der Waals surface area (Å²) in [6, 6.07) is 20.4. The Kier molecular flexibility index (Phi) is 11.4. The minimum Gasteiger partial charge on any atom is -0.494 e. The molecule has 0 aromatic heterocycles. The van der Waals surface area contributed by atoms with Crippen molar-refractivity contribution in [3.63, 3.8) is 0 Å². The highest BCUT2D eigenvalue weighted by molar-refractivity contribution is 5.64. The predicted octanol–water partition coefficient (Wildman–Crippen LogP) is 10.3. The van der Waals surface area contributed by atoms with Gasteiger partial charge in [-0.1, -0.05) is 103 Å². The van der Waals surface area contributed by atoms with E-state index in [-0.39, 0.29) is 5.41 Å². The minimum atomic E-state index is -0.0682. The highest BCUT2D eigenvalue weighted by atomic mass is 16.5. The Balaban J connectivity index is 1.45. The van der Waals surface area contributed by atoms with Crippen molar-refractivity contribution in [1.82, 2.24) is 0 Å². The van der Waals surface area contributed by atoms with Gasteiger partial charge in [-0.25, -0.2) is 0 Å². The lowest BCUT2D eigenvalue weighted by Gasteiger charge is -2.35. The maximum atomic E-state index is 9.84. The first-order valence-corrected chi connectivity index (χ1v) is 14.7. The average Bonchev–Trinajstić information content (AvgIpc) is 2.89. The van der Waals surface area contributed by atoms with Crippen molar-refractivity contribution in [2.24, 2.45) is 17.3 Å². The Labute approximate surface area is 221 Å². The molecule has 0 radical (unpaired) electrons. The number of rotatable bonds is 14. The molecule has 2 aromatic rings. The summed E-state index contributed by atoms with van der Waals surface area (Å²) in [4.78, 5) is 0. The summed E-state index contributed by atoms with van der Waals surface area (Å²) in [5, 5.41) is 9.84. The summed E-state index contributed by atoms with van der Waals surface area (Å²) in [5.41, 5.74) is 3.85. The fourth-order valence-electron chi connectivity index (χ4n) is 5.72. The number of benzene rings is 2. The van der Waals surface area contributed by atoms with E-state index >= 15 is 0 Å². The van der Waals surface area contributed by atoms with Gasteiger partial charge in [0.25, 0.3) is 0 Å². The smallest absolute Gasteiger partial charge is 0.119 e. The normalized spacial score (nSPS) is 20.7. The number of unbranched alkanes of at least 4 members (excludes halogenated alkanes) is 2. The second-order valence-electron chi connectivity index (χ2n) is 11.8. The molecule has 1 saturated carbocycles. The molecule has 0 heterocycles. The third-order valence-corrected chi connectivity index (χ3v) is 8.37. The van der Waals surface area contributed by atoms with E-state index in [1.807, 2.05) is 0 Å². The first-order valence-electron chi connectivity index (χ1n) is 14.7. The number of nitriles is 1. The van der Waals surface area contributed by atoms with Gasteiger partial charge >= 0.3 is 0 Å². The van der Waals surface area contributed by atoms with Gasteiger partial charge in [0.2, 0.25) is 0 Å². The third kappa shape index (κ3) is 8.69. The quantitative estimate of drug-likeness (QED) is 0.248. The lowest BCUT2D eigenvalue weighted by molar-refractivity contribution is 0.223. The van der Waals surface area contributed by atoms with E-state index in [9.17, 15) is 5.26 Å². The summed E-state index contributed by atoms with van der Waals surface area (Å²) in [7, 11) is 0. The van der Waals surface area contributed by atoms with E-state index in [0.717, 1.165) is 62.7 Å². The zero-order chi connectivity index (χ0) is 25.8. The number of nitrogens with zero attached hydrogens (tertiary/aromatic N) is 1. The van der Waals surface area contributed by atoms with E-state index in [1.165, 1.54) is 55.2 Å². The van der Waals surface area contributed by atoms with Gasteiger partial charge < -0.3 is 4.74 Å². The molecule has 1 atom stereocenters. The maximum absolute atomic E-state index is 9.84. The molecule has 0 N–H and O–H groups in total. The number of hydrogen-bond donors (Lipinski definition) is 0. The highest BCUT2D eigenvalue weighted by Gasteiger charge is 2.35. The molecule has 1 fully saturated rings. The van der Waals surface area contributed by atoms with Crippen LogP contribution in [-0.2, 0) is 0 Å². The average molecular weight is 488 g/mol. The summed E-state index contributed by atoms with van der Waals surface area (Å²) in [6.07, 6.45) is 14.2. The Morgan fingerprint density at radius 1 is 0.861 bits per heavy atom. The van der Waals surface area contributed by atoms with Crippen LogP contribution in [0.25, 0.3) is 11.1 Å². The van der Waals surface area contributed by atoms with Gasteiger partial charge in [0.05, 0.1) is 18.1 Å². The Bertz CT molecular complexity index is 913. The number of ether oxygens (including phenoxy) is 1.